The number of hydrogen-bond donors (Lipinski definition) is 3. The van der Waals surface area contributed by atoms with E-state index in [2.05, 4.69) is 10.6 Å². The lowest BCUT2D eigenvalue weighted by atomic mass is 10.2. The van der Waals surface area contributed by atoms with Gasteiger partial charge in [-0.3, -0.25) is 4.79 Å². The van der Waals surface area contributed by atoms with Crippen LogP contribution in [0.1, 0.15) is 25.8 Å². The van der Waals surface area contributed by atoms with Gasteiger partial charge in [0.15, 0.2) is 0 Å². The SMILES string of the molecule is Cc1cc(NCCC(=O)NC(C)C)ccc1N. The highest BCUT2D eigenvalue weighted by atomic mass is 16.1. The number of benzene rings is 1. The summed E-state index contributed by atoms with van der Waals surface area (Å²) in [6, 6.07) is 5.96. The first kappa shape index (κ1) is 13.4. The Morgan fingerprint density at radius 1 is 1.41 bits per heavy atom. The van der Waals surface area contributed by atoms with Gasteiger partial charge in [-0.1, -0.05) is 0 Å². The highest BCUT2D eigenvalue weighted by molar-refractivity contribution is 5.76. The van der Waals surface area contributed by atoms with Crippen molar-refractivity contribution >= 4 is 17.3 Å². The Kier molecular flexibility index (Phi) is 4.82. The fourth-order valence-corrected chi connectivity index (χ4v) is 1.50. The number of nitrogens with one attached hydrogen (secondary N) is 2. The van der Waals surface area contributed by atoms with Gasteiger partial charge < -0.3 is 16.4 Å². The second-order valence-corrected chi connectivity index (χ2v) is 4.47. The lowest BCUT2D eigenvalue weighted by molar-refractivity contribution is -0.121. The van der Waals surface area contributed by atoms with Crippen LogP contribution < -0.4 is 16.4 Å². The summed E-state index contributed by atoms with van der Waals surface area (Å²) in [6.07, 6.45) is 0.474. The average molecular weight is 235 g/mol. The van der Waals surface area contributed by atoms with E-state index in [0.29, 0.717) is 13.0 Å². The number of carbonyl (C=O) groups is 1. The zero-order valence-electron chi connectivity index (χ0n) is 10.7. The number of carbonyl (C=O) groups excluding carboxylic acids is 1. The number of nitrogen functional groups attached to an aromatic ring is 1. The van der Waals surface area contributed by atoms with E-state index in [9.17, 15) is 4.79 Å². The number of aryl methyl sites for hydroxylation is 1. The summed E-state index contributed by atoms with van der Waals surface area (Å²) in [6.45, 7) is 6.50. The standard InChI is InChI=1S/C13H21N3O/c1-9(2)16-13(17)6-7-15-11-4-5-12(14)10(3)8-11/h4-5,8-9,15H,6-7,14H2,1-3H3,(H,16,17). The predicted molar refractivity (Wildman–Crippen MR) is 72.0 cm³/mol. The highest BCUT2D eigenvalue weighted by Gasteiger charge is 2.02. The van der Waals surface area contributed by atoms with Gasteiger partial charge in [-0.05, 0) is 44.5 Å². The van der Waals surface area contributed by atoms with Crippen LogP contribution in [-0.2, 0) is 4.79 Å². The monoisotopic (exact) mass is 235 g/mol. The molecule has 0 unspecified atom stereocenters. The maximum absolute atomic E-state index is 11.4. The molecule has 4 heteroatoms. The second-order valence-electron chi connectivity index (χ2n) is 4.47. The summed E-state index contributed by atoms with van der Waals surface area (Å²) in [4.78, 5) is 11.4. The third kappa shape index (κ3) is 4.76. The summed E-state index contributed by atoms with van der Waals surface area (Å²) in [5, 5.41) is 6.05. The number of amides is 1. The quantitative estimate of drug-likeness (QED) is 0.683. The zero-order chi connectivity index (χ0) is 12.8. The van der Waals surface area contributed by atoms with Gasteiger partial charge in [0.25, 0.3) is 0 Å². The molecular weight excluding hydrogens is 214 g/mol. The first-order valence-electron chi connectivity index (χ1n) is 5.88. The molecule has 17 heavy (non-hydrogen) atoms. The van der Waals surface area contributed by atoms with E-state index in [4.69, 9.17) is 5.73 Å². The second kappa shape index (κ2) is 6.13. The summed E-state index contributed by atoms with van der Waals surface area (Å²) in [7, 11) is 0. The summed E-state index contributed by atoms with van der Waals surface area (Å²) in [5.74, 6) is 0.0691. The van der Waals surface area contributed by atoms with Gasteiger partial charge in [0.05, 0.1) is 0 Å². The Bertz CT molecular complexity index is 388. The van der Waals surface area contributed by atoms with E-state index in [0.717, 1.165) is 16.9 Å². The minimum Gasteiger partial charge on any atom is -0.399 e. The molecule has 4 nitrogen and oxygen atoms in total. The molecule has 94 valence electrons. The van der Waals surface area contributed by atoms with Crippen LogP contribution in [0.3, 0.4) is 0 Å². The molecule has 0 aliphatic heterocycles. The van der Waals surface area contributed by atoms with Crippen molar-refractivity contribution in [2.75, 3.05) is 17.6 Å². The van der Waals surface area contributed by atoms with Crippen molar-refractivity contribution in [3.8, 4) is 0 Å². The summed E-state index contributed by atoms with van der Waals surface area (Å²) < 4.78 is 0. The van der Waals surface area contributed by atoms with E-state index in [1.807, 2.05) is 39.0 Å². The van der Waals surface area contributed by atoms with Crippen molar-refractivity contribution in [3.05, 3.63) is 23.8 Å². The van der Waals surface area contributed by atoms with Gasteiger partial charge in [-0.25, -0.2) is 0 Å². The van der Waals surface area contributed by atoms with Crippen LogP contribution >= 0.6 is 0 Å². The number of anilines is 2. The third-order valence-corrected chi connectivity index (χ3v) is 2.40. The summed E-state index contributed by atoms with van der Waals surface area (Å²) >= 11 is 0. The lowest BCUT2D eigenvalue weighted by Crippen LogP contribution is -2.31. The third-order valence-electron chi connectivity index (χ3n) is 2.40. The van der Waals surface area contributed by atoms with Crippen molar-refractivity contribution in [2.24, 2.45) is 0 Å². The molecule has 0 heterocycles. The largest absolute Gasteiger partial charge is 0.399 e. The summed E-state index contributed by atoms with van der Waals surface area (Å²) in [5.41, 5.74) is 8.55. The van der Waals surface area contributed by atoms with Crippen LogP contribution in [0.2, 0.25) is 0 Å². The molecule has 0 radical (unpaired) electrons. The van der Waals surface area contributed by atoms with E-state index in [1.165, 1.54) is 0 Å². The van der Waals surface area contributed by atoms with Crippen molar-refractivity contribution in [1.82, 2.24) is 5.32 Å². The van der Waals surface area contributed by atoms with E-state index < -0.39 is 0 Å². The molecule has 0 aliphatic carbocycles. The fraction of sp³-hybridized carbons (Fsp3) is 0.462. The first-order chi connectivity index (χ1) is 7.99. The van der Waals surface area contributed by atoms with E-state index >= 15 is 0 Å². The van der Waals surface area contributed by atoms with Gasteiger partial charge in [0.2, 0.25) is 5.91 Å². The van der Waals surface area contributed by atoms with Crippen LogP contribution in [-0.4, -0.2) is 18.5 Å². The number of hydrogen-bond acceptors (Lipinski definition) is 3. The molecule has 0 atom stereocenters. The Morgan fingerprint density at radius 3 is 2.71 bits per heavy atom. The molecule has 0 bridgehead atoms. The normalized spacial score (nSPS) is 10.4. The maximum atomic E-state index is 11.4. The van der Waals surface area contributed by atoms with E-state index in [-0.39, 0.29) is 11.9 Å². The molecule has 0 spiro atoms. The Hall–Kier alpha value is -1.71. The molecule has 0 fully saturated rings. The molecule has 0 aliphatic rings. The average Bonchev–Trinajstić information content (AvgIpc) is 2.22. The molecule has 1 amide bonds. The maximum Gasteiger partial charge on any atom is 0.221 e. The van der Waals surface area contributed by atoms with Crippen LogP contribution in [0.5, 0.6) is 0 Å². The Labute approximate surface area is 103 Å². The minimum atomic E-state index is 0.0691. The van der Waals surface area contributed by atoms with Gasteiger partial charge in [0, 0.05) is 30.4 Å². The van der Waals surface area contributed by atoms with Gasteiger partial charge in [-0.2, -0.15) is 0 Å². The molecule has 1 aromatic rings. The van der Waals surface area contributed by atoms with Crippen molar-refractivity contribution in [1.29, 1.82) is 0 Å². The van der Waals surface area contributed by atoms with Crippen molar-refractivity contribution < 1.29 is 4.79 Å². The smallest absolute Gasteiger partial charge is 0.221 e. The molecule has 1 rings (SSSR count). The van der Waals surface area contributed by atoms with Crippen molar-refractivity contribution in [2.45, 2.75) is 33.2 Å². The Morgan fingerprint density at radius 2 is 2.12 bits per heavy atom. The first-order valence-corrected chi connectivity index (χ1v) is 5.88. The van der Waals surface area contributed by atoms with Crippen LogP contribution in [0.4, 0.5) is 11.4 Å². The van der Waals surface area contributed by atoms with Crippen LogP contribution in [0.15, 0.2) is 18.2 Å². The molecule has 0 aromatic heterocycles. The molecule has 0 saturated carbocycles. The number of nitrogens with two attached hydrogens (primary N) is 1. The van der Waals surface area contributed by atoms with Crippen LogP contribution in [0, 0.1) is 6.92 Å². The highest BCUT2D eigenvalue weighted by Crippen LogP contribution is 2.16. The molecule has 0 saturated heterocycles. The van der Waals surface area contributed by atoms with E-state index in [1.54, 1.807) is 0 Å². The zero-order valence-corrected chi connectivity index (χ0v) is 10.7. The lowest BCUT2D eigenvalue weighted by Gasteiger charge is -2.10. The molecular formula is C13H21N3O. The molecule has 1 aromatic carbocycles. The van der Waals surface area contributed by atoms with Gasteiger partial charge in [0.1, 0.15) is 0 Å². The minimum absolute atomic E-state index is 0.0691. The predicted octanol–water partition coefficient (Wildman–Crippen LogP) is 1.90. The fourth-order valence-electron chi connectivity index (χ4n) is 1.50. The van der Waals surface area contributed by atoms with Gasteiger partial charge in [-0.15, -0.1) is 0 Å². The topological polar surface area (TPSA) is 67.2 Å². The van der Waals surface area contributed by atoms with Crippen LogP contribution in [0.25, 0.3) is 0 Å². The van der Waals surface area contributed by atoms with Crippen molar-refractivity contribution in [3.63, 3.8) is 0 Å². The van der Waals surface area contributed by atoms with Gasteiger partial charge >= 0.3 is 0 Å². The Balaban J connectivity index is 2.36. The molecule has 4 N–H and O–H groups in total. The number of rotatable bonds is 5.